The van der Waals surface area contributed by atoms with Crippen LogP contribution in [-0.2, 0) is 0 Å². The smallest absolute Gasteiger partial charge is 0.228 e. The van der Waals surface area contributed by atoms with Gasteiger partial charge in [0.2, 0.25) is 5.78 Å². The number of ketones is 1. The van der Waals surface area contributed by atoms with Crippen LogP contribution in [0.2, 0.25) is 5.02 Å². The number of carbonyl (C=O) groups is 1. The maximum atomic E-state index is 12.3. The third-order valence-corrected chi connectivity index (χ3v) is 3.34. The number of benzene rings is 2. The molecule has 0 bridgehead atoms. The van der Waals surface area contributed by atoms with Gasteiger partial charge in [-0.3, -0.25) is 4.79 Å². The Balaban J connectivity index is 2.09. The quantitative estimate of drug-likeness (QED) is 0.636. The Hall–Kier alpha value is -2.06. The Kier molecular flexibility index (Phi) is 2.88. The third-order valence-electron chi connectivity index (χ3n) is 3.01. The Morgan fingerprint density at radius 3 is 2.63 bits per heavy atom. The second-order valence-electron chi connectivity index (χ2n) is 4.46. The molecule has 2 aromatic carbocycles. The van der Waals surface area contributed by atoms with E-state index in [1.54, 1.807) is 30.3 Å². The molecule has 0 aliphatic rings. The van der Waals surface area contributed by atoms with Gasteiger partial charge in [0.25, 0.3) is 0 Å². The minimum atomic E-state index is -0.129. The largest absolute Gasteiger partial charge is 0.453 e. The van der Waals surface area contributed by atoms with Gasteiger partial charge in [0.15, 0.2) is 5.76 Å². The van der Waals surface area contributed by atoms with Crippen molar-refractivity contribution < 1.29 is 9.21 Å². The zero-order valence-corrected chi connectivity index (χ0v) is 11.1. The summed E-state index contributed by atoms with van der Waals surface area (Å²) in [5.74, 6) is 0.185. The number of carbonyl (C=O) groups excluding carboxylic acids is 1. The van der Waals surface area contributed by atoms with Gasteiger partial charge < -0.3 is 4.42 Å². The highest BCUT2D eigenvalue weighted by molar-refractivity contribution is 6.35. The second kappa shape index (κ2) is 4.56. The molecule has 0 spiro atoms. The van der Waals surface area contributed by atoms with Gasteiger partial charge in [-0.15, -0.1) is 0 Å². The number of aryl methyl sites for hydroxylation is 1. The molecule has 1 heterocycles. The lowest BCUT2D eigenvalue weighted by Gasteiger charge is -1.98. The number of fused-ring (bicyclic) bond motifs is 1. The Bertz CT molecular complexity index is 771. The zero-order valence-electron chi connectivity index (χ0n) is 10.3. The summed E-state index contributed by atoms with van der Waals surface area (Å²) in [6.45, 7) is 1.95. The van der Waals surface area contributed by atoms with Crippen LogP contribution in [0.5, 0.6) is 0 Å². The van der Waals surface area contributed by atoms with Gasteiger partial charge in [0.05, 0.1) is 5.02 Å². The number of furan rings is 1. The molecule has 3 heteroatoms. The van der Waals surface area contributed by atoms with Gasteiger partial charge in [0, 0.05) is 10.9 Å². The molecule has 0 saturated heterocycles. The van der Waals surface area contributed by atoms with Crippen molar-refractivity contribution in [2.24, 2.45) is 0 Å². The van der Waals surface area contributed by atoms with Crippen LogP contribution in [0.3, 0.4) is 0 Å². The van der Waals surface area contributed by atoms with E-state index in [9.17, 15) is 4.79 Å². The first-order valence-electron chi connectivity index (χ1n) is 5.94. The van der Waals surface area contributed by atoms with Crippen molar-refractivity contribution in [2.75, 3.05) is 0 Å². The normalized spacial score (nSPS) is 10.8. The first-order valence-corrected chi connectivity index (χ1v) is 6.32. The summed E-state index contributed by atoms with van der Waals surface area (Å²) in [5.41, 5.74) is 2.29. The highest BCUT2D eigenvalue weighted by Crippen LogP contribution is 2.27. The van der Waals surface area contributed by atoms with Gasteiger partial charge >= 0.3 is 0 Å². The van der Waals surface area contributed by atoms with E-state index in [0.29, 0.717) is 21.9 Å². The van der Waals surface area contributed by atoms with E-state index < -0.39 is 0 Å². The van der Waals surface area contributed by atoms with Gasteiger partial charge in [0.1, 0.15) is 5.58 Å². The van der Waals surface area contributed by atoms with Crippen LogP contribution < -0.4 is 0 Å². The molecule has 2 nitrogen and oxygen atoms in total. The van der Waals surface area contributed by atoms with Crippen molar-refractivity contribution in [1.29, 1.82) is 0 Å². The first kappa shape index (κ1) is 12.0. The summed E-state index contributed by atoms with van der Waals surface area (Å²) in [5, 5.41) is 1.35. The monoisotopic (exact) mass is 270 g/mol. The van der Waals surface area contributed by atoms with Crippen molar-refractivity contribution in [1.82, 2.24) is 0 Å². The van der Waals surface area contributed by atoms with Crippen LogP contribution in [-0.4, -0.2) is 5.78 Å². The summed E-state index contributed by atoms with van der Waals surface area (Å²) < 4.78 is 5.57. The predicted octanol–water partition coefficient (Wildman–Crippen LogP) is 4.63. The second-order valence-corrected chi connectivity index (χ2v) is 4.87. The van der Waals surface area contributed by atoms with Gasteiger partial charge in [-0.2, -0.15) is 0 Å². The van der Waals surface area contributed by atoms with E-state index >= 15 is 0 Å². The highest BCUT2D eigenvalue weighted by atomic mass is 35.5. The Labute approximate surface area is 115 Å². The fourth-order valence-corrected chi connectivity index (χ4v) is 2.29. The van der Waals surface area contributed by atoms with E-state index in [1.807, 2.05) is 25.1 Å². The predicted molar refractivity (Wildman–Crippen MR) is 75.8 cm³/mol. The number of hydrogen-bond donors (Lipinski definition) is 0. The van der Waals surface area contributed by atoms with Gasteiger partial charge in [-0.1, -0.05) is 41.4 Å². The van der Waals surface area contributed by atoms with Crippen LogP contribution in [0, 0.1) is 6.92 Å². The van der Waals surface area contributed by atoms with Crippen molar-refractivity contribution in [3.63, 3.8) is 0 Å². The first-order chi connectivity index (χ1) is 9.15. The summed E-state index contributed by atoms with van der Waals surface area (Å²) in [6.07, 6.45) is 0. The molecule has 3 rings (SSSR count). The lowest BCUT2D eigenvalue weighted by atomic mass is 10.1. The SMILES string of the molecule is Cc1cccc(C(=O)c2cc3c(Cl)cccc3o2)c1. The zero-order chi connectivity index (χ0) is 13.4. The number of hydrogen-bond acceptors (Lipinski definition) is 2. The molecular weight excluding hydrogens is 260 g/mol. The van der Waals surface area contributed by atoms with Crippen LogP contribution in [0.4, 0.5) is 0 Å². The molecule has 0 aliphatic carbocycles. The molecule has 0 amide bonds. The highest BCUT2D eigenvalue weighted by Gasteiger charge is 2.15. The van der Waals surface area contributed by atoms with E-state index in [4.69, 9.17) is 16.0 Å². The standard InChI is InChI=1S/C16H11ClO2/c1-10-4-2-5-11(8-10)16(18)15-9-12-13(17)6-3-7-14(12)19-15/h2-9H,1H3. The molecule has 0 unspecified atom stereocenters. The van der Waals surface area contributed by atoms with Crippen molar-refractivity contribution in [2.45, 2.75) is 6.92 Å². The minimum Gasteiger partial charge on any atom is -0.453 e. The topological polar surface area (TPSA) is 30.2 Å². The lowest BCUT2D eigenvalue weighted by molar-refractivity contribution is 0.101. The molecule has 3 aromatic rings. The molecule has 0 radical (unpaired) electrons. The average molecular weight is 271 g/mol. The molecule has 0 fully saturated rings. The summed E-state index contributed by atoms with van der Waals surface area (Å²) in [7, 11) is 0. The molecule has 19 heavy (non-hydrogen) atoms. The number of rotatable bonds is 2. The van der Waals surface area contributed by atoms with E-state index in [1.165, 1.54) is 0 Å². The van der Waals surface area contributed by atoms with Crippen molar-refractivity contribution in [3.05, 3.63) is 70.4 Å². The fraction of sp³-hybridized carbons (Fsp3) is 0.0625. The number of halogens is 1. The molecule has 94 valence electrons. The molecule has 0 atom stereocenters. The molecular formula is C16H11ClO2. The van der Waals surface area contributed by atoms with Crippen LogP contribution in [0.25, 0.3) is 11.0 Å². The molecule has 0 saturated carbocycles. The summed E-state index contributed by atoms with van der Waals surface area (Å²) in [6, 6.07) is 14.5. The fourth-order valence-electron chi connectivity index (χ4n) is 2.07. The van der Waals surface area contributed by atoms with E-state index in [2.05, 4.69) is 0 Å². The maximum absolute atomic E-state index is 12.3. The Morgan fingerprint density at radius 1 is 1.11 bits per heavy atom. The third kappa shape index (κ3) is 2.15. The van der Waals surface area contributed by atoms with Gasteiger partial charge in [-0.05, 0) is 31.2 Å². The molecule has 1 aromatic heterocycles. The van der Waals surface area contributed by atoms with Crippen molar-refractivity contribution >= 4 is 28.4 Å². The molecule has 0 aliphatic heterocycles. The van der Waals surface area contributed by atoms with Gasteiger partial charge in [-0.25, -0.2) is 0 Å². The molecule has 0 N–H and O–H groups in total. The summed E-state index contributed by atoms with van der Waals surface area (Å²) in [4.78, 5) is 12.3. The average Bonchev–Trinajstić information content (AvgIpc) is 2.83. The van der Waals surface area contributed by atoms with E-state index in [-0.39, 0.29) is 5.78 Å². The minimum absolute atomic E-state index is 0.129. The maximum Gasteiger partial charge on any atom is 0.228 e. The van der Waals surface area contributed by atoms with E-state index in [0.717, 1.165) is 10.9 Å². The lowest BCUT2D eigenvalue weighted by Crippen LogP contribution is -1.99. The van der Waals surface area contributed by atoms with Crippen LogP contribution >= 0.6 is 11.6 Å². The Morgan fingerprint density at radius 2 is 1.89 bits per heavy atom. The van der Waals surface area contributed by atoms with Crippen LogP contribution in [0.1, 0.15) is 21.7 Å². The van der Waals surface area contributed by atoms with Crippen LogP contribution in [0.15, 0.2) is 52.9 Å². The summed E-state index contributed by atoms with van der Waals surface area (Å²) >= 11 is 6.07. The van der Waals surface area contributed by atoms with Crippen molar-refractivity contribution in [3.8, 4) is 0 Å².